The molecule has 0 bridgehead atoms. The van der Waals surface area contributed by atoms with E-state index in [2.05, 4.69) is 25.3 Å². The normalized spacial score (nSPS) is 13.8. The molecule has 1 nitrogen and oxygen atoms in total. The Labute approximate surface area is 122 Å². The number of allylic oxidation sites excluding steroid dienone is 1. The molecular weight excluding hydrogens is 288 g/mol. The van der Waals surface area contributed by atoms with Gasteiger partial charge in [-0.2, -0.15) is 0 Å². The molecule has 1 unspecified atom stereocenters. The summed E-state index contributed by atoms with van der Waals surface area (Å²) in [6, 6.07) is 0. The van der Waals surface area contributed by atoms with E-state index in [1.807, 2.05) is 27.1 Å². The van der Waals surface area contributed by atoms with Crippen molar-refractivity contribution in [2.45, 2.75) is 37.1 Å². The van der Waals surface area contributed by atoms with Gasteiger partial charge in [-0.3, -0.25) is 0 Å². The molecule has 0 aromatic rings. The van der Waals surface area contributed by atoms with Crippen LogP contribution in [0.15, 0.2) is 12.7 Å². The topological polar surface area (TPSA) is 3.24 Å². The Balaban J connectivity index is -0.000000845. The summed E-state index contributed by atoms with van der Waals surface area (Å²) < 4.78 is -0.734. The van der Waals surface area contributed by atoms with Crippen LogP contribution in [0.25, 0.3) is 0 Å². The standard InChI is InChI=1S/C11H21Cl2N.2ClH/c1-7-8-9(11(4,12)13)10(2,3)14(5)6;;/h7,9H,1,8H2,2-6H3;2*1H. The molecular formula is C11H23Cl4N. The molecule has 0 radical (unpaired) electrons. The third-order valence-corrected chi connectivity index (χ3v) is 3.55. The molecule has 0 heterocycles. The van der Waals surface area contributed by atoms with Crippen molar-refractivity contribution in [3.05, 3.63) is 12.7 Å². The minimum Gasteiger partial charge on any atom is -0.304 e. The maximum Gasteiger partial charge on any atom is 0.120 e. The number of halogens is 4. The molecule has 100 valence electrons. The molecule has 0 amide bonds. The Morgan fingerprint density at radius 3 is 1.75 bits per heavy atom. The molecule has 0 aromatic carbocycles. The highest BCUT2D eigenvalue weighted by molar-refractivity contribution is 6.48. The monoisotopic (exact) mass is 309 g/mol. The fourth-order valence-corrected chi connectivity index (χ4v) is 2.31. The van der Waals surface area contributed by atoms with Crippen LogP contribution in [0.2, 0.25) is 0 Å². The lowest BCUT2D eigenvalue weighted by atomic mass is 9.81. The van der Waals surface area contributed by atoms with Gasteiger partial charge >= 0.3 is 0 Å². The molecule has 0 aliphatic rings. The van der Waals surface area contributed by atoms with E-state index in [9.17, 15) is 0 Å². The Kier molecular flexibility index (Phi) is 11.1. The van der Waals surface area contributed by atoms with E-state index < -0.39 is 4.33 Å². The van der Waals surface area contributed by atoms with Crippen molar-refractivity contribution >= 4 is 48.0 Å². The van der Waals surface area contributed by atoms with E-state index in [0.717, 1.165) is 6.42 Å². The summed E-state index contributed by atoms with van der Waals surface area (Å²) in [5, 5.41) is 0. The van der Waals surface area contributed by atoms with Crippen LogP contribution in [0.3, 0.4) is 0 Å². The minimum absolute atomic E-state index is 0. The highest BCUT2D eigenvalue weighted by atomic mass is 35.5. The van der Waals surface area contributed by atoms with Crippen LogP contribution in [0.1, 0.15) is 27.2 Å². The van der Waals surface area contributed by atoms with Crippen LogP contribution in [0, 0.1) is 5.92 Å². The number of hydrogen-bond donors (Lipinski definition) is 0. The molecule has 16 heavy (non-hydrogen) atoms. The smallest absolute Gasteiger partial charge is 0.120 e. The molecule has 5 heteroatoms. The summed E-state index contributed by atoms with van der Waals surface area (Å²) in [6.45, 7) is 9.88. The average Bonchev–Trinajstić information content (AvgIpc) is 1.97. The van der Waals surface area contributed by atoms with Crippen molar-refractivity contribution < 1.29 is 0 Å². The number of alkyl halides is 2. The van der Waals surface area contributed by atoms with Gasteiger partial charge in [0.25, 0.3) is 0 Å². The minimum atomic E-state index is -0.734. The molecule has 0 aliphatic carbocycles. The Hall–Kier alpha value is 0.860. The second-order valence-electron chi connectivity index (χ2n) is 4.58. The lowest BCUT2D eigenvalue weighted by molar-refractivity contribution is 0.109. The van der Waals surface area contributed by atoms with E-state index in [0.29, 0.717) is 0 Å². The molecule has 0 rings (SSSR count). The van der Waals surface area contributed by atoms with Crippen molar-refractivity contribution in [1.82, 2.24) is 4.90 Å². The second kappa shape index (κ2) is 8.05. The number of hydrogen-bond acceptors (Lipinski definition) is 1. The first kappa shape index (κ1) is 22.1. The lowest BCUT2D eigenvalue weighted by Crippen LogP contribution is -2.50. The van der Waals surface area contributed by atoms with E-state index in [1.54, 1.807) is 0 Å². The van der Waals surface area contributed by atoms with Gasteiger partial charge in [0.1, 0.15) is 4.33 Å². The predicted molar refractivity (Wildman–Crippen MR) is 80.7 cm³/mol. The van der Waals surface area contributed by atoms with Crippen molar-refractivity contribution in [2.24, 2.45) is 5.92 Å². The van der Waals surface area contributed by atoms with Gasteiger partial charge in [-0.1, -0.05) is 6.08 Å². The highest BCUT2D eigenvalue weighted by Crippen LogP contribution is 2.41. The largest absolute Gasteiger partial charge is 0.304 e. The zero-order valence-corrected chi connectivity index (χ0v) is 13.7. The zero-order chi connectivity index (χ0) is 11.6. The summed E-state index contributed by atoms with van der Waals surface area (Å²) in [4.78, 5) is 2.14. The van der Waals surface area contributed by atoms with Crippen LogP contribution in [-0.2, 0) is 0 Å². The van der Waals surface area contributed by atoms with Gasteiger partial charge < -0.3 is 4.90 Å². The van der Waals surface area contributed by atoms with E-state index in [4.69, 9.17) is 23.2 Å². The van der Waals surface area contributed by atoms with Crippen LogP contribution < -0.4 is 0 Å². The summed E-state index contributed by atoms with van der Waals surface area (Å²) in [5.41, 5.74) is -0.0492. The Morgan fingerprint density at radius 1 is 1.19 bits per heavy atom. The predicted octanol–water partition coefficient (Wildman–Crippen LogP) is 4.56. The average molecular weight is 311 g/mol. The third-order valence-electron chi connectivity index (χ3n) is 3.02. The Bertz CT molecular complexity index is 197. The van der Waals surface area contributed by atoms with Gasteiger partial charge in [0.05, 0.1) is 0 Å². The lowest BCUT2D eigenvalue weighted by Gasteiger charge is -2.44. The first-order valence-corrected chi connectivity index (χ1v) is 5.55. The van der Waals surface area contributed by atoms with Crippen molar-refractivity contribution in [2.75, 3.05) is 14.1 Å². The van der Waals surface area contributed by atoms with Gasteiger partial charge in [0, 0.05) is 11.5 Å². The summed E-state index contributed by atoms with van der Waals surface area (Å²) in [6.07, 6.45) is 2.69. The first-order chi connectivity index (χ1) is 6.14. The Morgan fingerprint density at radius 2 is 1.56 bits per heavy atom. The maximum absolute atomic E-state index is 6.20. The molecule has 0 aliphatic heterocycles. The van der Waals surface area contributed by atoms with Gasteiger partial charge in [0.15, 0.2) is 0 Å². The van der Waals surface area contributed by atoms with Crippen LogP contribution >= 0.6 is 48.0 Å². The maximum atomic E-state index is 6.20. The molecule has 0 saturated heterocycles. The quantitative estimate of drug-likeness (QED) is 0.531. The summed E-state index contributed by atoms with van der Waals surface area (Å²) >= 11 is 12.4. The van der Waals surface area contributed by atoms with Crippen molar-refractivity contribution in [1.29, 1.82) is 0 Å². The molecule has 1 atom stereocenters. The molecule has 0 N–H and O–H groups in total. The fourth-order valence-electron chi connectivity index (χ4n) is 1.59. The number of nitrogens with zero attached hydrogens (tertiary/aromatic N) is 1. The highest BCUT2D eigenvalue weighted by Gasteiger charge is 2.41. The fraction of sp³-hybridized carbons (Fsp3) is 0.818. The van der Waals surface area contributed by atoms with Gasteiger partial charge in [-0.05, 0) is 41.3 Å². The first-order valence-electron chi connectivity index (χ1n) is 4.80. The molecule has 0 fully saturated rings. The SMILES string of the molecule is C=CCC(C(C)(Cl)Cl)C(C)(C)N(C)C.Cl.Cl. The molecule has 0 saturated carbocycles. The van der Waals surface area contributed by atoms with E-state index >= 15 is 0 Å². The summed E-state index contributed by atoms with van der Waals surface area (Å²) in [7, 11) is 4.07. The zero-order valence-electron chi connectivity index (χ0n) is 10.6. The van der Waals surface area contributed by atoms with Crippen LogP contribution in [0.5, 0.6) is 0 Å². The number of rotatable bonds is 5. The van der Waals surface area contributed by atoms with Crippen molar-refractivity contribution in [3.8, 4) is 0 Å². The van der Waals surface area contributed by atoms with Crippen LogP contribution in [-0.4, -0.2) is 28.9 Å². The van der Waals surface area contributed by atoms with Gasteiger partial charge in [-0.25, -0.2) is 0 Å². The van der Waals surface area contributed by atoms with Gasteiger partial charge in [0.2, 0.25) is 0 Å². The third kappa shape index (κ3) is 5.97. The second-order valence-corrected chi connectivity index (χ2v) is 6.35. The van der Waals surface area contributed by atoms with E-state index in [1.165, 1.54) is 0 Å². The van der Waals surface area contributed by atoms with Gasteiger partial charge in [-0.15, -0.1) is 54.6 Å². The molecule has 0 aromatic heterocycles. The van der Waals surface area contributed by atoms with E-state index in [-0.39, 0.29) is 36.3 Å². The summed E-state index contributed by atoms with van der Waals surface area (Å²) in [5.74, 6) is 0.158. The van der Waals surface area contributed by atoms with Crippen LogP contribution in [0.4, 0.5) is 0 Å². The van der Waals surface area contributed by atoms with Crippen molar-refractivity contribution in [3.63, 3.8) is 0 Å². The molecule has 0 spiro atoms.